The van der Waals surface area contributed by atoms with Gasteiger partial charge >= 0.3 is 0 Å². The van der Waals surface area contributed by atoms with E-state index in [4.69, 9.17) is 16.3 Å². The largest absolute Gasteiger partial charge is 0.380 e. The minimum Gasteiger partial charge on any atom is -0.380 e. The summed E-state index contributed by atoms with van der Waals surface area (Å²) in [5.74, 6) is -1.02. The molecule has 1 aliphatic heterocycles. The summed E-state index contributed by atoms with van der Waals surface area (Å²) in [4.78, 5) is 25.1. The number of halogens is 1. The number of carbonyl (C=O) groups is 2. The molecule has 1 aliphatic rings. The molecule has 1 amide bonds. The monoisotopic (exact) mass is 281 g/mol. The standard InChI is InChI=1S/C14H16ClNO3/c1-2-3-8-19-9-7-16-12-10(13(17)14(16)18)5-4-6-11(12)15/h4-6H,2-3,7-9H2,1H3. The Labute approximate surface area is 117 Å². The summed E-state index contributed by atoms with van der Waals surface area (Å²) in [6.45, 7) is 3.51. The highest BCUT2D eigenvalue weighted by Gasteiger charge is 2.36. The second-order valence-corrected chi connectivity index (χ2v) is 4.80. The molecular formula is C14H16ClNO3. The molecular weight excluding hydrogens is 266 g/mol. The van der Waals surface area contributed by atoms with E-state index < -0.39 is 11.7 Å². The Bertz CT molecular complexity index is 501. The van der Waals surface area contributed by atoms with Crippen molar-refractivity contribution in [3.8, 4) is 0 Å². The molecule has 0 atom stereocenters. The van der Waals surface area contributed by atoms with Gasteiger partial charge < -0.3 is 9.64 Å². The minimum atomic E-state index is -0.526. The number of Topliss-reactive ketones (excluding diaryl/α,β-unsaturated/α-hetero) is 1. The number of unbranched alkanes of at least 4 members (excludes halogenated alkanes) is 1. The van der Waals surface area contributed by atoms with Crippen LogP contribution in [-0.4, -0.2) is 31.4 Å². The van der Waals surface area contributed by atoms with E-state index in [9.17, 15) is 9.59 Å². The average molecular weight is 282 g/mol. The van der Waals surface area contributed by atoms with Crippen LogP contribution < -0.4 is 4.90 Å². The number of para-hydroxylation sites is 1. The number of ketones is 1. The van der Waals surface area contributed by atoms with Crippen molar-refractivity contribution in [1.82, 2.24) is 0 Å². The van der Waals surface area contributed by atoms with E-state index in [1.807, 2.05) is 0 Å². The highest BCUT2D eigenvalue weighted by molar-refractivity contribution is 6.54. The van der Waals surface area contributed by atoms with Crippen molar-refractivity contribution in [2.45, 2.75) is 19.8 Å². The second-order valence-electron chi connectivity index (χ2n) is 4.39. The van der Waals surface area contributed by atoms with E-state index in [0.717, 1.165) is 12.8 Å². The van der Waals surface area contributed by atoms with E-state index in [2.05, 4.69) is 6.92 Å². The molecule has 102 valence electrons. The zero-order valence-electron chi connectivity index (χ0n) is 10.8. The third kappa shape index (κ3) is 2.80. The molecule has 0 aliphatic carbocycles. The van der Waals surface area contributed by atoms with Crippen LogP contribution in [0.3, 0.4) is 0 Å². The summed E-state index contributed by atoms with van der Waals surface area (Å²) in [5.41, 5.74) is 0.893. The van der Waals surface area contributed by atoms with Crippen LogP contribution >= 0.6 is 11.6 Å². The predicted octanol–water partition coefficient (Wildman–Crippen LogP) is 2.69. The van der Waals surface area contributed by atoms with Gasteiger partial charge in [0.1, 0.15) is 0 Å². The van der Waals surface area contributed by atoms with Crippen molar-refractivity contribution in [1.29, 1.82) is 0 Å². The molecule has 1 heterocycles. The first-order chi connectivity index (χ1) is 9.16. The molecule has 0 bridgehead atoms. The van der Waals surface area contributed by atoms with Crippen molar-refractivity contribution in [3.05, 3.63) is 28.8 Å². The number of hydrogen-bond donors (Lipinski definition) is 0. The molecule has 4 nitrogen and oxygen atoms in total. The zero-order chi connectivity index (χ0) is 13.8. The number of anilines is 1. The molecule has 1 aromatic carbocycles. The number of ether oxygens (including phenoxy) is 1. The molecule has 5 heteroatoms. The Balaban J connectivity index is 2.06. The first-order valence-corrected chi connectivity index (χ1v) is 6.77. The van der Waals surface area contributed by atoms with Gasteiger partial charge in [0.25, 0.3) is 11.7 Å². The highest BCUT2D eigenvalue weighted by atomic mass is 35.5. The zero-order valence-corrected chi connectivity index (χ0v) is 11.6. The van der Waals surface area contributed by atoms with Gasteiger partial charge in [0, 0.05) is 13.2 Å². The van der Waals surface area contributed by atoms with Crippen LogP contribution in [0.2, 0.25) is 5.02 Å². The molecule has 0 aromatic heterocycles. The third-order valence-electron chi connectivity index (χ3n) is 3.04. The smallest absolute Gasteiger partial charge is 0.299 e. The predicted molar refractivity (Wildman–Crippen MR) is 73.9 cm³/mol. The number of hydrogen-bond acceptors (Lipinski definition) is 3. The van der Waals surface area contributed by atoms with E-state index in [1.165, 1.54) is 4.90 Å². The molecule has 0 saturated carbocycles. The summed E-state index contributed by atoms with van der Waals surface area (Å²) in [5, 5.41) is 0.422. The van der Waals surface area contributed by atoms with Crippen molar-refractivity contribution >= 4 is 29.0 Å². The van der Waals surface area contributed by atoms with Crippen LogP contribution in [0.4, 0.5) is 5.69 Å². The lowest BCUT2D eigenvalue weighted by Gasteiger charge is -2.17. The Kier molecular flexibility index (Phi) is 4.56. The van der Waals surface area contributed by atoms with Gasteiger partial charge in [-0.15, -0.1) is 0 Å². The lowest BCUT2D eigenvalue weighted by atomic mass is 10.1. The molecule has 0 N–H and O–H groups in total. The topological polar surface area (TPSA) is 46.6 Å². The van der Waals surface area contributed by atoms with E-state index >= 15 is 0 Å². The van der Waals surface area contributed by atoms with Gasteiger partial charge in [0.05, 0.1) is 22.9 Å². The van der Waals surface area contributed by atoms with Gasteiger partial charge in [-0.05, 0) is 18.6 Å². The van der Waals surface area contributed by atoms with E-state index in [1.54, 1.807) is 18.2 Å². The van der Waals surface area contributed by atoms with Gasteiger partial charge in [-0.3, -0.25) is 9.59 Å². The van der Waals surface area contributed by atoms with Crippen LogP contribution in [0, 0.1) is 0 Å². The number of carbonyl (C=O) groups excluding carboxylic acids is 2. The fourth-order valence-electron chi connectivity index (χ4n) is 2.03. The fourth-order valence-corrected chi connectivity index (χ4v) is 2.31. The number of amides is 1. The van der Waals surface area contributed by atoms with Crippen molar-refractivity contribution < 1.29 is 14.3 Å². The van der Waals surface area contributed by atoms with Crippen LogP contribution in [0.5, 0.6) is 0 Å². The maximum atomic E-state index is 11.9. The first-order valence-electron chi connectivity index (χ1n) is 6.39. The molecule has 1 aromatic rings. The van der Waals surface area contributed by atoms with Crippen molar-refractivity contribution in [2.75, 3.05) is 24.7 Å². The third-order valence-corrected chi connectivity index (χ3v) is 3.35. The quantitative estimate of drug-likeness (QED) is 0.595. The van der Waals surface area contributed by atoms with Gasteiger partial charge in [-0.25, -0.2) is 0 Å². The molecule has 0 radical (unpaired) electrons. The number of benzene rings is 1. The molecule has 19 heavy (non-hydrogen) atoms. The van der Waals surface area contributed by atoms with Crippen molar-refractivity contribution in [2.24, 2.45) is 0 Å². The van der Waals surface area contributed by atoms with E-state index in [0.29, 0.717) is 36.0 Å². The normalized spacial score (nSPS) is 14.1. The van der Waals surface area contributed by atoms with Gasteiger partial charge in [-0.2, -0.15) is 0 Å². The molecule has 0 spiro atoms. The Hall–Kier alpha value is -1.39. The number of fused-ring (bicyclic) bond motifs is 1. The average Bonchev–Trinajstić information content (AvgIpc) is 2.65. The fraction of sp³-hybridized carbons (Fsp3) is 0.429. The van der Waals surface area contributed by atoms with Gasteiger partial charge in [0.2, 0.25) is 0 Å². The SMILES string of the molecule is CCCCOCCN1C(=O)C(=O)c2cccc(Cl)c21. The van der Waals surface area contributed by atoms with E-state index in [-0.39, 0.29) is 0 Å². The Morgan fingerprint density at radius 3 is 2.79 bits per heavy atom. The van der Waals surface area contributed by atoms with Crippen LogP contribution in [-0.2, 0) is 9.53 Å². The summed E-state index contributed by atoms with van der Waals surface area (Å²) < 4.78 is 5.43. The maximum absolute atomic E-state index is 11.9. The highest BCUT2D eigenvalue weighted by Crippen LogP contribution is 2.35. The van der Waals surface area contributed by atoms with Gasteiger partial charge in [0.15, 0.2) is 0 Å². The van der Waals surface area contributed by atoms with Gasteiger partial charge in [-0.1, -0.05) is 31.0 Å². The Morgan fingerprint density at radius 2 is 2.05 bits per heavy atom. The van der Waals surface area contributed by atoms with Crippen LogP contribution in [0.1, 0.15) is 30.1 Å². The second kappa shape index (κ2) is 6.17. The summed E-state index contributed by atoms with van der Waals surface area (Å²) in [6.07, 6.45) is 2.06. The molecule has 0 saturated heterocycles. The summed E-state index contributed by atoms with van der Waals surface area (Å²) in [7, 11) is 0. The lowest BCUT2D eigenvalue weighted by Crippen LogP contribution is -2.33. The van der Waals surface area contributed by atoms with Crippen molar-refractivity contribution in [3.63, 3.8) is 0 Å². The molecule has 0 unspecified atom stereocenters. The van der Waals surface area contributed by atoms with Crippen LogP contribution in [0.25, 0.3) is 0 Å². The Morgan fingerprint density at radius 1 is 1.26 bits per heavy atom. The minimum absolute atomic E-state index is 0.352. The first kappa shape index (κ1) is 14.0. The number of rotatable bonds is 6. The van der Waals surface area contributed by atoms with Crippen LogP contribution in [0.15, 0.2) is 18.2 Å². The summed E-state index contributed by atoms with van der Waals surface area (Å²) in [6, 6.07) is 4.98. The molecule has 2 rings (SSSR count). The lowest BCUT2D eigenvalue weighted by molar-refractivity contribution is -0.114. The summed E-state index contributed by atoms with van der Waals surface area (Å²) >= 11 is 6.07. The maximum Gasteiger partial charge on any atom is 0.299 e. The molecule has 0 fully saturated rings. The number of nitrogens with zero attached hydrogens (tertiary/aromatic N) is 1.